The molecule has 3 aromatic rings. The zero-order valence-corrected chi connectivity index (χ0v) is 19.4. The van der Waals surface area contributed by atoms with Gasteiger partial charge in [-0.1, -0.05) is 69.3 Å². The summed E-state index contributed by atoms with van der Waals surface area (Å²) in [5.41, 5.74) is 0.981. The summed E-state index contributed by atoms with van der Waals surface area (Å²) in [4.78, 5) is 28.6. The molecule has 172 valence electrons. The molecular formula is C26H29FN4O2. The quantitative estimate of drug-likeness (QED) is 0.640. The van der Waals surface area contributed by atoms with Crippen LogP contribution in [0, 0.1) is 5.82 Å². The van der Waals surface area contributed by atoms with Crippen molar-refractivity contribution in [3.63, 3.8) is 0 Å². The summed E-state index contributed by atoms with van der Waals surface area (Å²) in [7, 11) is 0. The van der Waals surface area contributed by atoms with Crippen molar-refractivity contribution in [3.05, 3.63) is 89.0 Å². The maximum Gasteiger partial charge on any atom is 0.273 e. The number of hydrogen-bond acceptors (Lipinski definition) is 3. The van der Waals surface area contributed by atoms with Crippen molar-refractivity contribution in [1.29, 1.82) is 0 Å². The van der Waals surface area contributed by atoms with E-state index in [1.54, 1.807) is 35.9 Å². The average Bonchev–Trinajstić information content (AvgIpc) is 3.21. The molecule has 2 aromatic carbocycles. The third kappa shape index (κ3) is 4.40. The molecule has 2 heterocycles. The molecule has 2 amide bonds. The van der Waals surface area contributed by atoms with Crippen LogP contribution in [-0.4, -0.2) is 32.0 Å². The van der Waals surface area contributed by atoms with Crippen LogP contribution >= 0.6 is 0 Å². The lowest BCUT2D eigenvalue weighted by atomic mass is 9.91. The van der Waals surface area contributed by atoms with E-state index in [1.165, 1.54) is 11.0 Å². The molecule has 1 atom stereocenters. The van der Waals surface area contributed by atoms with Crippen LogP contribution < -0.4 is 5.32 Å². The molecule has 0 radical (unpaired) electrons. The standard InChI is InChI=1S/C26H29FN4O2/c1-25(2,3)22-14-21-23(32)30(16-19-12-8-9-13-20(19)27)26(4,17-31(21)29-22)24(33)28-15-18-10-6-5-7-11-18/h5-14H,15-17H2,1-4H3,(H,28,33). The molecule has 33 heavy (non-hydrogen) atoms. The highest BCUT2D eigenvalue weighted by molar-refractivity contribution is 5.99. The highest BCUT2D eigenvalue weighted by Gasteiger charge is 2.48. The van der Waals surface area contributed by atoms with E-state index >= 15 is 0 Å². The van der Waals surface area contributed by atoms with E-state index in [0.717, 1.165) is 11.3 Å². The lowest BCUT2D eigenvalue weighted by Gasteiger charge is -2.43. The Kier molecular flexibility index (Phi) is 5.82. The van der Waals surface area contributed by atoms with Crippen molar-refractivity contribution in [2.45, 2.75) is 58.3 Å². The Hall–Kier alpha value is -3.48. The van der Waals surface area contributed by atoms with Crippen LogP contribution in [0.3, 0.4) is 0 Å². The smallest absolute Gasteiger partial charge is 0.273 e. The molecule has 0 bridgehead atoms. The number of carbonyl (C=O) groups is 2. The molecule has 0 saturated carbocycles. The van der Waals surface area contributed by atoms with Gasteiger partial charge in [-0.05, 0) is 24.6 Å². The first-order valence-corrected chi connectivity index (χ1v) is 11.1. The number of rotatable bonds is 5. The Morgan fingerprint density at radius 2 is 1.79 bits per heavy atom. The molecule has 1 aromatic heterocycles. The third-order valence-electron chi connectivity index (χ3n) is 6.14. The fraction of sp³-hybridized carbons (Fsp3) is 0.346. The topological polar surface area (TPSA) is 67.2 Å². The maximum atomic E-state index is 14.5. The highest BCUT2D eigenvalue weighted by Crippen LogP contribution is 2.32. The van der Waals surface area contributed by atoms with Gasteiger partial charge in [0.1, 0.15) is 17.1 Å². The Bertz CT molecular complexity index is 1180. The van der Waals surface area contributed by atoms with Gasteiger partial charge in [-0.15, -0.1) is 0 Å². The molecule has 0 saturated heterocycles. The van der Waals surface area contributed by atoms with Crippen LogP contribution in [-0.2, 0) is 29.8 Å². The molecule has 0 aliphatic carbocycles. The van der Waals surface area contributed by atoms with E-state index in [2.05, 4.69) is 10.4 Å². The van der Waals surface area contributed by atoms with Gasteiger partial charge in [-0.2, -0.15) is 5.10 Å². The number of aromatic nitrogens is 2. The maximum absolute atomic E-state index is 14.5. The fourth-order valence-corrected chi connectivity index (χ4v) is 4.02. The SMILES string of the molecule is CC(C)(C)c1cc2n(n1)CC(C)(C(=O)NCc1ccccc1)N(Cc1ccccc1F)C2=O. The van der Waals surface area contributed by atoms with Crippen molar-refractivity contribution in [1.82, 2.24) is 20.0 Å². The van der Waals surface area contributed by atoms with E-state index in [9.17, 15) is 14.0 Å². The van der Waals surface area contributed by atoms with Crippen LogP contribution in [0.2, 0.25) is 0 Å². The molecular weight excluding hydrogens is 419 g/mol. The molecule has 1 N–H and O–H groups in total. The van der Waals surface area contributed by atoms with Crippen molar-refractivity contribution < 1.29 is 14.0 Å². The predicted octanol–water partition coefficient (Wildman–Crippen LogP) is 4.05. The van der Waals surface area contributed by atoms with Crippen LogP contribution in [0.25, 0.3) is 0 Å². The summed E-state index contributed by atoms with van der Waals surface area (Å²) >= 11 is 0. The monoisotopic (exact) mass is 448 g/mol. The fourth-order valence-electron chi connectivity index (χ4n) is 4.02. The molecule has 1 unspecified atom stereocenters. The first-order chi connectivity index (χ1) is 15.6. The van der Waals surface area contributed by atoms with Crippen LogP contribution in [0.15, 0.2) is 60.7 Å². The second kappa shape index (κ2) is 8.46. The number of amides is 2. The van der Waals surface area contributed by atoms with Gasteiger partial charge in [0.05, 0.1) is 18.8 Å². The minimum atomic E-state index is -1.25. The number of nitrogens with zero attached hydrogens (tertiary/aromatic N) is 3. The van der Waals surface area contributed by atoms with E-state index in [-0.39, 0.29) is 30.3 Å². The normalized spacial score (nSPS) is 18.2. The Balaban J connectivity index is 1.71. The van der Waals surface area contributed by atoms with E-state index in [0.29, 0.717) is 17.8 Å². The van der Waals surface area contributed by atoms with Crippen molar-refractivity contribution in [2.75, 3.05) is 0 Å². The second-order valence-electron chi connectivity index (χ2n) is 9.75. The van der Waals surface area contributed by atoms with Gasteiger partial charge in [-0.25, -0.2) is 4.39 Å². The van der Waals surface area contributed by atoms with Gasteiger partial charge >= 0.3 is 0 Å². The largest absolute Gasteiger partial charge is 0.350 e. The number of fused-ring (bicyclic) bond motifs is 1. The van der Waals surface area contributed by atoms with Crippen molar-refractivity contribution in [3.8, 4) is 0 Å². The van der Waals surface area contributed by atoms with Crippen molar-refractivity contribution in [2.24, 2.45) is 0 Å². The van der Waals surface area contributed by atoms with Gasteiger partial charge in [0, 0.05) is 17.5 Å². The summed E-state index contributed by atoms with van der Waals surface area (Å²) in [6.45, 7) is 8.28. The van der Waals surface area contributed by atoms with Gasteiger partial charge in [0.15, 0.2) is 0 Å². The van der Waals surface area contributed by atoms with Gasteiger partial charge in [0.2, 0.25) is 5.91 Å². The van der Waals surface area contributed by atoms with Gasteiger partial charge in [-0.3, -0.25) is 14.3 Å². The number of nitrogens with one attached hydrogen (secondary N) is 1. The van der Waals surface area contributed by atoms with E-state index in [4.69, 9.17) is 0 Å². The minimum absolute atomic E-state index is 0.0171. The van der Waals surface area contributed by atoms with Gasteiger partial charge in [0.25, 0.3) is 5.91 Å². The lowest BCUT2D eigenvalue weighted by molar-refractivity contribution is -0.133. The minimum Gasteiger partial charge on any atom is -0.350 e. The van der Waals surface area contributed by atoms with Crippen molar-refractivity contribution >= 4 is 11.8 Å². The first-order valence-electron chi connectivity index (χ1n) is 11.1. The lowest BCUT2D eigenvalue weighted by Crippen LogP contribution is -2.63. The zero-order valence-electron chi connectivity index (χ0n) is 19.4. The van der Waals surface area contributed by atoms with E-state index in [1.807, 2.05) is 51.1 Å². The molecule has 1 aliphatic rings. The number of hydrogen-bond donors (Lipinski definition) is 1. The van der Waals surface area contributed by atoms with Crippen LogP contribution in [0.4, 0.5) is 4.39 Å². The molecule has 7 heteroatoms. The summed E-state index contributed by atoms with van der Waals surface area (Å²) in [5, 5.41) is 7.60. The molecule has 0 fully saturated rings. The summed E-state index contributed by atoms with van der Waals surface area (Å²) in [5.74, 6) is -1.06. The molecule has 4 rings (SSSR count). The third-order valence-corrected chi connectivity index (χ3v) is 6.14. The second-order valence-corrected chi connectivity index (χ2v) is 9.75. The number of halogens is 1. The Morgan fingerprint density at radius 1 is 1.12 bits per heavy atom. The molecule has 6 nitrogen and oxygen atoms in total. The van der Waals surface area contributed by atoms with Crippen LogP contribution in [0.1, 0.15) is 55.0 Å². The first kappa shape index (κ1) is 22.7. The Labute approximate surface area is 193 Å². The number of benzene rings is 2. The molecule has 0 spiro atoms. The van der Waals surface area contributed by atoms with Crippen LogP contribution in [0.5, 0.6) is 0 Å². The van der Waals surface area contributed by atoms with E-state index < -0.39 is 11.4 Å². The summed E-state index contributed by atoms with van der Waals surface area (Å²) in [6.07, 6.45) is 0. The predicted molar refractivity (Wildman–Crippen MR) is 124 cm³/mol. The average molecular weight is 449 g/mol. The highest BCUT2D eigenvalue weighted by atomic mass is 19.1. The molecule has 1 aliphatic heterocycles. The number of carbonyl (C=O) groups excluding carboxylic acids is 2. The summed E-state index contributed by atoms with van der Waals surface area (Å²) < 4.78 is 16.1. The summed E-state index contributed by atoms with van der Waals surface area (Å²) in [6, 6.07) is 17.7. The zero-order chi connectivity index (χ0) is 23.8. The Morgan fingerprint density at radius 3 is 2.45 bits per heavy atom. The van der Waals surface area contributed by atoms with Gasteiger partial charge < -0.3 is 10.2 Å².